The van der Waals surface area contributed by atoms with Gasteiger partial charge >= 0.3 is 0 Å². The molecule has 1 aromatic heterocycles. The van der Waals surface area contributed by atoms with Crippen LogP contribution in [0.15, 0.2) is 23.1 Å². The van der Waals surface area contributed by atoms with Crippen molar-refractivity contribution in [2.24, 2.45) is 11.7 Å². The Morgan fingerprint density at radius 2 is 2.10 bits per heavy atom. The number of nitrogens with zero attached hydrogens (tertiary/aromatic N) is 2. The molecule has 0 atom stereocenters. The number of thiol groups is 1. The molecule has 2 aromatic rings. The molecule has 0 spiro atoms. The van der Waals surface area contributed by atoms with Crippen molar-refractivity contribution in [3.05, 3.63) is 24.0 Å². The third-order valence-corrected chi connectivity index (χ3v) is 4.37. The van der Waals surface area contributed by atoms with Crippen LogP contribution in [0, 0.1) is 5.92 Å². The van der Waals surface area contributed by atoms with Crippen LogP contribution in [-0.4, -0.2) is 22.8 Å². The number of hydrogen-bond donors (Lipinski definition) is 2. The average Bonchev–Trinajstić information content (AvgIpc) is 2.78. The SMILES string of the molecule is CC(C)(N)c1nc2cc(S)ccc2n1CC1CCOCC1. The van der Waals surface area contributed by atoms with E-state index in [9.17, 15) is 0 Å². The van der Waals surface area contributed by atoms with Crippen LogP contribution in [0.3, 0.4) is 0 Å². The fourth-order valence-electron chi connectivity index (χ4n) is 2.98. The van der Waals surface area contributed by atoms with Crippen LogP contribution in [0.5, 0.6) is 0 Å². The minimum Gasteiger partial charge on any atom is -0.381 e. The van der Waals surface area contributed by atoms with E-state index in [1.54, 1.807) is 0 Å². The molecule has 0 unspecified atom stereocenters. The summed E-state index contributed by atoms with van der Waals surface area (Å²) >= 11 is 4.41. The minimum atomic E-state index is -0.457. The van der Waals surface area contributed by atoms with Crippen LogP contribution in [0.2, 0.25) is 0 Å². The molecule has 0 amide bonds. The maximum Gasteiger partial charge on any atom is 0.129 e. The van der Waals surface area contributed by atoms with Crippen molar-refractivity contribution in [2.45, 2.75) is 43.7 Å². The van der Waals surface area contributed by atoms with Gasteiger partial charge in [0.05, 0.1) is 16.6 Å². The van der Waals surface area contributed by atoms with E-state index in [1.807, 2.05) is 26.0 Å². The van der Waals surface area contributed by atoms with Gasteiger partial charge in [0.1, 0.15) is 5.82 Å². The molecule has 0 aliphatic carbocycles. The number of fused-ring (bicyclic) bond motifs is 1. The summed E-state index contributed by atoms with van der Waals surface area (Å²) in [5.74, 6) is 1.58. The Morgan fingerprint density at radius 3 is 2.76 bits per heavy atom. The van der Waals surface area contributed by atoms with E-state index in [0.29, 0.717) is 5.92 Å². The van der Waals surface area contributed by atoms with E-state index in [-0.39, 0.29) is 0 Å². The lowest BCUT2D eigenvalue weighted by Crippen LogP contribution is -2.34. The van der Waals surface area contributed by atoms with Gasteiger partial charge in [-0.05, 0) is 50.8 Å². The summed E-state index contributed by atoms with van der Waals surface area (Å²) < 4.78 is 7.75. The molecule has 3 rings (SSSR count). The van der Waals surface area contributed by atoms with Crippen molar-refractivity contribution in [1.82, 2.24) is 9.55 Å². The summed E-state index contributed by atoms with van der Waals surface area (Å²) in [4.78, 5) is 5.70. The summed E-state index contributed by atoms with van der Waals surface area (Å²) in [6, 6.07) is 6.12. The molecule has 1 saturated heterocycles. The molecule has 4 nitrogen and oxygen atoms in total. The Bertz CT molecular complexity index is 639. The summed E-state index contributed by atoms with van der Waals surface area (Å²) in [7, 11) is 0. The number of ether oxygens (including phenoxy) is 1. The highest BCUT2D eigenvalue weighted by molar-refractivity contribution is 7.80. The molecule has 1 aliphatic heterocycles. The lowest BCUT2D eigenvalue weighted by Gasteiger charge is -2.26. The van der Waals surface area contributed by atoms with Crippen LogP contribution in [-0.2, 0) is 16.8 Å². The van der Waals surface area contributed by atoms with Crippen LogP contribution >= 0.6 is 12.6 Å². The predicted molar refractivity (Wildman–Crippen MR) is 87.7 cm³/mol. The molecule has 21 heavy (non-hydrogen) atoms. The Morgan fingerprint density at radius 1 is 1.38 bits per heavy atom. The molecule has 0 bridgehead atoms. The van der Waals surface area contributed by atoms with E-state index in [1.165, 1.54) is 0 Å². The highest BCUT2D eigenvalue weighted by Gasteiger charge is 2.25. The van der Waals surface area contributed by atoms with Crippen molar-refractivity contribution in [3.63, 3.8) is 0 Å². The van der Waals surface area contributed by atoms with Gasteiger partial charge in [0.15, 0.2) is 0 Å². The van der Waals surface area contributed by atoms with Crippen LogP contribution in [0.1, 0.15) is 32.5 Å². The smallest absolute Gasteiger partial charge is 0.129 e. The predicted octanol–water partition coefficient (Wildman–Crippen LogP) is 2.95. The second-order valence-electron chi connectivity index (χ2n) is 6.50. The number of rotatable bonds is 3. The van der Waals surface area contributed by atoms with Crippen molar-refractivity contribution in [2.75, 3.05) is 13.2 Å². The zero-order valence-corrected chi connectivity index (χ0v) is 13.6. The Kier molecular flexibility index (Phi) is 3.99. The highest BCUT2D eigenvalue weighted by atomic mass is 32.1. The van der Waals surface area contributed by atoms with Crippen molar-refractivity contribution >= 4 is 23.7 Å². The Labute approximate surface area is 131 Å². The monoisotopic (exact) mass is 305 g/mol. The summed E-state index contributed by atoms with van der Waals surface area (Å²) in [6.07, 6.45) is 2.21. The van der Waals surface area contributed by atoms with Crippen molar-refractivity contribution < 1.29 is 4.74 Å². The zero-order chi connectivity index (χ0) is 15.0. The summed E-state index contributed by atoms with van der Waals surface area (Å²) in [5.41, 5.74) is 8.00. The lowest BCUT2D eigenvalue weighted by atomic mass is 9.99. The third-order valence-electron chi connectivity index (χ3n) is 4.09. The van der Waals surface area contributed by atoms with Crippen LogP contribution in [0.4, 0.5) is 0 Å². The van der Waals surface area contributed by atoms with Gasteiger partial charge in [-0.1, -0.05) is 0 Å². The van der Waals surface area contributed by atoms with Crippen molar-refractivity contribution in [3.8, 4) is 0 Å². The number of aromatic nitrogens is 2. The first kappa shape index (κ1) is 14.9. The number of benzene rings is 1. The van der Waals surface area contributed by atoms with Gasteiger partial charge in [0.2, 0.25) is 0 Å². The Balaban J connectivity index is 2.04. The molecule has 2 heterocycles. The van der Waals surface area contributed by atoms with Gasteiger partial charge in [-0.3, -0.25) is 0 Å². The van der Waals surface area contributed by atoms with E-state index in [4.69, 9.17) is 15.5 Å². The number of hydrogen-bond acceptors (Lipinski definition) is 4. The molecule has 1 aliphatic rings. The quantitative estimate of drug-likeness (QED) is 0.857. The first-order chi connectivity index (χ1) is 9.95. The maximum atomic E-state index is 6.34. The van der Waals surface area contributed by atoms with Crippen LogP contribution < -0.4 is 5.73 Å². The van der Waals surface area contributed by atoms with E-state index in [0.717, 1.165) is 54.4 Å². The molecule has 0 saturated carbocycles. The first-order valence-electron chi connectivity index (χ1n) is 7.51. The molecule has 5 heteroatoms. The van der Waals surface area contributed by atoms with Gasteiger partial charge < -0.3 is 15.0 Å². The lowest BCUT2D eigenvalue weighted by molar-refractivity contribution is 0.0611. The second kappa shape index (κ2) is 5.63. The van der Waals surface area contributed by atoms with Crippen molar-refractivity contribution in [1.29, 1.82) is 0 Å². The Hall–Kier alpha value is -1.04. The fourth-order valence-corrected chi connectivity index (χ4v) is 3.18. The third kappa shape index (κ3) is 3.10. The summed E-state index contributed by atoms with van der Waals surface area (Å²) in [5, 5.41) is 0. The fraction of sp³-hybridized carbons (Fsp3) is 0.562. The molecule has 1 aromatic carbocycles. The van der Waals surface area contributed by atoms with Gasteiger partial charge in [-0.15, -0.1) is 12.6 Å². The molecule has 2 N–H and O–H groups in total. The number of imidazole rings is 1. The second-order valence-corrected chi connectivity index (χ2v) is 7.01. The van der Waals surface area contributed by atoms with Gasteiger partial charge in [-0.25, -0.2) is 4.98 Å². The molecular formula is C16H23N3OS. The topological polar surface area (TPSA) is 53.1 Å². The van der Waals surface area contributed by atoms with Gasteiger partial charge in [-0.2, -0.15) is 0 Å². The molecule has 114 valence electrons. The zero-order valence-electron chi connectivity index (χ0n) is 12.7. The maximum absolute atomic E-state index is 6.34. The largest absolute Gasteiger partial charge is 0.381 e. The molecule has 0 radical (unpaired) electrons. The summed E-state index contributed by atoms with van der Waals surface area (Å²) in [6.45, 7) is 6.70. The minimum absolute atomic E-state index is 0.457. The standard InChI is InChI=1S/C16H23N3OS/c1-16(2,17)15-18-13-9-12(21)3-4-14(13)19(15)10-11-5-7-20-8-6-11/h3-4,9,11,21H,5-8,10,17H2,1-2H3. The normalized spacial score (nSPS) is 17.5. The number of nitrogens with two attached hydrogens (primary N) is 1. The first-order valence-corrected chi connectivity index (χ1v) is 7.96. The molecular weight excluding hydrogens is 282 g/mol. The molecule has 1 fully saturated rings. The van der Waals surface area contributed by atoms with E-state index >= 15 is 0 Å². The van der Waals surface area contributed by atoms with E-state index in [2.05, 4.69) is 23.3 Å². The van der Waals surface area contributed by atoms with Gasteiger partial charge in [0, 0.05) is 24.7 Å². The highest BCUT2D eigenvalue weighted by Crippen LogP contribution is 2.28. The van der Waals surface area contributed by atoms with E-state index < -0.39 is 5.54 Å². The average molecular weight is 305 g/mol. The van der Waals surface area contributed by atoms with Gasteiger partial charge in [0.25, 0.3) is 0 Å². The van der Waals surface area contributed by atoms with Crippen LogP contribution in [0.25, 0.3) is 11.0 Å².